The van der Waals surface area contributed by atoms with Gasteiger partial charge >= 0.3 is 0 Å². The zero-order valence-corrected chi connectivity index (χ0v) is 10.4. The highest BCUT2D eigenvalue weighted by Gasteiger charge is 2.29. The summed E-state index contributed by atoms with van der Waals surface area (Å²) in [6.07, 6.45) is 10.8. The average Bonchev–Trinajstić information content (AvgIpc) is 2.30. The van der Waals surface area contributed by atoms with E-state index in [0.717, 1.165) is 13.1 Å². The molecule has 1 rings (SSSR count). The van der Waals surface area contributed by atoms with E-state index in [1.54, 1.807) is 0 Å². The van der Waals surface area contributed by atoms with Crippen molar-refractivity contribution in [3.05, 3.63) is 0 Å². The van der Waals surface area contributed by atoms with E-state index in [1.165, 1.54) is 57.9 Å². The largest absolute Gasteiger partial charge is 0.330 e. The van der Waals surface area contributed by atoms with Gasteiger partial charge < -0.3 is 11.1 Å². The molecule has 0 unspecified atom stereocenters. The van der Waals surface area contributed by atoms with E-state index in [4.69, 9.17) is 5.73 Å². The molecule has 15 heavy (non-hydrogen) atoms. The maximum atomic E-state index is 5.95. The molecule has 0 atom stereocenters. The van der Waals surface area contributed by atoms with Crippen molar-refractivity contribution >= 4 is 0 Å². The Morgan fingerprint density at radius 2 is 1.87 bits per heavy atom. The Morgan fingerprint density at radius 1 is 1.13 bits per heavy atom. The summed E-state index contributed by atoms with van der Waals surface area (Å²) in [6.45, 7) is 5.47. The number of unbranched alkanes of at least 4 members (excludes halogenated alkanes) is 1. The van der Waals surface area contributed by atoms with Gasteiger partial charge in [0.15, 0.2) is 0 Å². The van der Waals surface area contributed by atoms with E-state index >= 15 is 0 Å². The Hall–Kier alpha value is -0.0800. The summed E-state index contributed by atoms with van der Waals surface area (Å²) < 4.78 is 0. The Morgan fingerprint density at radius 3 is 2.47 bits per heavy atom. The van der Waals surface area contributed by atoms with Crippen LogP contribution >= 0.6 is 0 Å². The lowest BCUT2D eigenvalue weighted by atomic mass is 9.72. The van der Waals surface area contributed by atoms with E-state index in [-0.39, 0.29) is 0 Å². The fraction of sp³-hybridized carbons (Fsp3) is 1.00. The molecule has 0 aromatic rings. The molecule has 0 spiro atoms. The second-order valence-corrected chi connectivity index (χ2v) is 5.12. The Bertz CT molecular complexity index is 151. The van der Waals surface area contributed by atoms with Crippen LogP contribution in [0, 0.1) is 5.41 Å². The molecule has 1 saturated carbocycles. The molecule has 0 amide bonds. The van der Waals surface area contributed by atoms with E-state index in [2.05, 4.69) is 12.2 Å². The van der Waals surface area contributed by atoms with Crippen LogP contribution in [-0.4, -0.2) is 19.6 Å². The Labute approximate surface area is 95.0 Å². The summed E-state index contributed by atoms with van der Waals surface area (Å²) in [7, 11) is 0. The predicted molar refractivity (Wildman–Crippen MR) is 67.0 cm³/mol. The molecule has 1 aliphatic carbocycles. The van der Waals surface area contributed by atoms with Gasteiger partial charge in [-0.05, 0) is 50.7 Å². The molecule has 0 bridgehead atoms. The third-order valence-electron chi connectivity index (χ3n) is 3.89. The maximum Gasteiger partial charge on any atom is -0.00201 e. The van der Waals surface area contributed by atoms with Crippen LogP contribution in [-0.2, 0) is 0 Å². The van der Waals surface area contributed by atoms with Crippen LogP contribution < -0.4 is 11.1 Å². The highest BCUT2D eigenvalue weighted by atomic mass is 14.8. The van der Waals surface area contributed by atoms with E-state index in [0.29, 0.717) is 5.41 Å². The van der Waals surface area contributed by atoms with Gasteiger partial charge in [-0.3, -0.25) is 0 Å². The van der Waals surface area contributed by atoms with Crippen molar-refractivity contribution in [3.8, 4) is 0 Å². The zero-order chi connectivity index (χ0) is 11.0. The third-order valence-corrected chi connectivity index (χ3v) is 3.89. The van der Waals surface area contributed by atoms with Gasteiger partial charge in [-0.2, -0.15) is 0 Å². The molecule has 2 heteroatoms. The number of rotatable bonds is 7. The molecule has 1 aliphatic rings. The molecular weight excluding hydrogens is 184 g/mol. The monoisotopic (exact) mass is 212 g/mol. The SMILES string of the molecule is CCCCNCCC1(CN)CCCCC1. The van der Waals surface area contributed by atoms with E-state index in [1.807, 2.05) is 0 Å². The second kappa shape index (κ2) is 7.24. The summed E-state index contributed by atoms with van der Waals surface area (Å²) in [4.78, 5) is 0. The predicted octanol–water partition coefficient (Wildman–Crippen LogP) is 2.68. The fourth-order valence-corrected chi connectivity index (χ4v) is 2.64. The molecule has 0 saturated heterocycles. The molecule has 1 fully saturated rings. The third kappa shape index (κ3) is 4.52. The van der Waals surface area contributed by atoms with Crippen molar-refractivity contribution in [2.75, 3.05) is 19.6 Å². The van der Waals surface area contributed by atoms with Crippen molar-refractivity contribution in [3.63, 3.8) is 0 Å². The second-order valence-electron chi connectivity index (χ2n) is 5.12. The molecule has 90 valence electrons. The summed E-state index contributed by atoms with van der Waals surface area (Å²) in [5, 5.41) is 3.54. The average molecular weight is 212 g/mol. The minimum Gasteiger partial charge on any atom is -0.330 e. The van der Waals surface area contributed by atoms with Gasteiger partial charge in [0.25, 0.3) is 0 Å². The number of hydrogen-bond donors (Lipinski definition) is 2. The highest BCUT2D eigenvalue weighted by Crippen LogP contribution is 2.37. The first-order valence-electron chi connectivity index (χ1n) is 6.74. The number of hydrogen-bond acceptors (Lipinski definition) is 2. The molecule has 0 heterocycles. The normalized spacial score (nSPS) is 20.4. The Kier molecular flexibility index (Phi) is 6.26. The van der Waals surface area contributed by atoms with E-state index < -0.39 is 0 Å². The molecule has 0 aliphatic heterocycles. The lowest BCUT2D eigenvalue weighted by molar-refractivity contribution is 0.181. The van der Waals surface area contributed by atoms with Crippen LogP contribution in [0.2, 0.25) is 0 Å². The molecule has 2 nitrogen and oxygen atoms in total. The lowest BCUT2D eigenvalue weighted by Crippen LogP contribution is -2.36. The summed E-state index contributed by atoms with van der Waals surface area (Å²) in [5.41, 5.74) is 6.43. The number of nitrogens with one attached hydrogen (secondary N) is 1. The van der Waals surface area contributed by atoms with Crippen molar-refractivity contribution in [1.82, 2.24) is 5.32 Å². The van der Waals surface area contributed by atoms with Crippen LogP contribution in [0.3, 0.4) is 0 Å². The smallest absolute Gasteiger partial charge is 0.00201 e. The standard InChI is InChI=1S/C13H28N2/c1-2-3-10-15-11-9-13(12-14)7-5-4-6-8-13/h15H,2-12,14H2,1H3. The first-order valence-corrected chi connectivity index (χ1v) is 6.74. The maximum absolute atomic E-state index is 5.95. The quantitative estimate of drug-likeness (QED) is 0.637. The first kappa shape index (κ1) is 13.0. The van der Waals surface area contributed by atoms with Crippen LogP contribution in [0.1, 0.15) is 58.3 Å². The topological polar surface area (TPSA) is 38.0 Å². The van der Waals surface area contributed by atoms with Crippen molar-refractivity contribution < 1.29 is 0 Å². The summed E-state index contributed by atoms with van der Waals surface area (Å²) >= 11 is 0. The summed E-state index contributed by atoms with van der Waals surface area (Å²) in [6, 6.07) is 0. The number of nitrogens with two attached hydrogens (primary N) is 1. The molecule has 0 aromatic heterocycles. The van der Waals surface area contributed by atoms with E-state index in [9.17, 15) is 0 Å². The van der Waals surface area contributed by atoms with Crippen LogP contribution in [0.15, 0.2) is 0 Å². The van der Waals surface area contributed by atoms with Crippen molar-refractivity contribution in [2.24, 2.45) is 11.1 Å². The van der Waals surface area contributed by atoms with Crippen LogP contribution in [0.5, 0.6) is 0 Å². The van der Waals surface area contributed by atoms with Crippen molar-refractivity contribution in [1.29, 1.82) is 0 Å². The molecule has 3 N–H and O–H groups in total. The van der Waals surface area contributed by atoms with Gasteiger partial charge in [0.1, 0.15) is 0 Å². The van der Waals surface area contributed by atoms with Gasteiger partial charge in [0.2, 0.25) is 0 Å². The molecule has 0 radical (unpaired) electrons. The lowest BCUT2D eigenvalue weighted by Gasteiger charge is -2.36. The minimum absolute atomic E-state index is 0.484. The fourth-order valence-electron chi connectivity index (χ4n) is 2.64. The summed E-state index contributed by atoms with van der Waals surface area (Å²) in [5.74, 6) is 0. The van der Waals surface area contributed by atoms with Gasteiger partial charge in [0.05, 0.1) is 0 Å². The van der Waals surface area contributed by atoms with Gasteiger partial charge in [-0.15, -0.1) is 0 Å². The van der Waals surface area contributed by atoms with Gasteiger partial charge in [-0.25, -0.2) is 0 Å². The highest BCUT2D eigenvalue weighted by molar-refractivity contribution is 4.84. The zero-order valence-electron chi connectivity index (χ0n) is 10.4. The first-order chi connectivity index (χ1) is 7.33. The molecular formula is C13H28N2. The Balaban J connectivity index is 2.15. The van der Waals surface area contributed by atoms with Crippen LogP contribution in [0.4, 0.5) is 0 Å². The van der Waals surface area contributed by atoms with Crippen LogP contribution in [0.25, 0.3) is 0 Å². The minimum atomic E-state index is 0.484. The van der Waals surface area contributed by atoms with Gasteiger partial charge in [-0.1, -0.05) is 32.6 Å². The van der Waals surface area contributed by atoms with Gasteiger partial charge in [0, 0.05) is 0 Å². The van der Waals surface area contributed by atoms with Crippen molar-refractivity contribution in [2.45, 2.75) is 58.3 Å². The molecule has 0 aromatic carbocycles.